The van der Waals surface area contributed by atoms with Crippen LogP contribution in [0.15, 0.2) is 29.3 Å². The highest BCUT2D eigenvalue weighted by molar-refractivity contribution is 14.0. The summed E-state index contributed by atoms with van der Waals surface area (Å²) in [5.74, 6) is 1.16. The van der Waals surface area contributed by atoms with E-state index in [-0.39, 0.29) is 29.9 Å². The third-order valence-corrected chi connectivity index (χ3v) is 5.94. The van der Waals surface area contributed by atoms with Crippen LogP contribution in [0.4, 0.5) is 0 Å². The quantitative estimate of drug-likeness (QED) is 0.217. The molecule has 1 amide bonds. The topological polar surface area (TPSA) is 60.0 Å². The van der Waals surface area contributed by atoms with Gasteiger partial charge in [0.2, 0.25) is 5.91 Å². The average Bonchev–Trinajstić information content (AvgIpc) is 2.99. The largest absolute Gasteiger partial charge is 0.357 e. The maximum Gasteiger partial charge on any atom is 0.222 e. The van der Waals surface area contributed by atoms with E-state index in [1.54, 1.807) is 0 Å². The number of nitrogens with zero attached hydrogens (tertiary/aromatic N) is 3. The van der Waals surface area contributed by atoms with Crippen LogP contribution in [0.1, 0.15) is 63.0 Å². The summed E-state index contributed by atoms with van der Waals surface area (Å²) >= 11 is 0. The number of hydrogen-bond acceptors (Lipinski definition) is 3. The maximum absolute atomic E-state index is 11.9. The molecular formula is C24H40IN5O. The molecule has 0 unspecified atom stereocenters. The molecule has 0 atom stereocenters. The van der Waals surface area contributed by atoms with Crippen molar-refractivity contribution < 1.29 is 4.79 Å². The second kappa shape index (κ2) is 14.7. The zero-order valence-corrected chi connectivity index (χ0v) is 21.4. The number of likely N-dealkylation sites (tertiary alicyclic amines) is 2. The average molecular weight is 542 g/mol. The lowest BCUT2D eigenvalue weighted by molar-refractivity contribution is -0.128. The summed E-state index contributed by atoms with van der Waals surface area (Å²) in [6, 6.07) is 8.47. The van der Waals surface area contributed by atoms with Crippen molar-refractivity contribution >= 4 is 35.8 Å². The van der Waals surface area contributed by atoms with E-state index >= 15 is 0 Å². The summed E-state index contributed by atoms with van der Waals surface area (Å²) < 4.78 is 0. The Kier molecular flexibility index (Phi) is 12.3. The molecule has 31 heavy (non-hydrogen) atoms. The minimum atomic E-state index is 0. The Morgan fingerprint density at radius 3 is 2.52 bits per heavy atom. The molecule has 0 radical (unpaired) electrons. The molecule has 0 aliphatic carbocycles. The van der Waals surface area contributed by atoms with Crippen LogP contribution in [0, 0.1) is 0 Å². The van der Waals surface area contributed by atoms with Gasteiger partial charge in [-0.05, 0) is 63.4 Å². The summed E-state index contributed by atoms with van der Waals surface area (Å²) in [4.78, 5) is 21.2. The number of nitrogens with one attached hydrogen (secondary N) is 2. The molecule has 1 aromatic rings. The Morgan fingerprint density at radius 2 is 1.81 bits per heavy atom. The lowest BCUT2D eigenvalue weighted by Gasteiger charge is -2.20. The van der Waals surface area contributed by atoms with Crippen LogP contribution < -0.4 is 10.6 Å². The number of rotatable bonds is 9. The molecule has 2 aliphatic rings. The standard InChI is InChI=1S/C24H39N5O.HI/c1-2-25-24(26-13-9-16-28-14-5-3-4-6-15-28)27-19-21-10-7-11-22(18-21)20-29-17-8-12-23(29)30;/h7,10-11,18H,2-6,8-9,12-17,19-20H2,1H3,(H2,25,26,27);1H. The van der Waals surface area contributed by atoms with Crippen molar-refractivity contribution in [2.75, 3.05) is 39.3 Å². The van der Waals surface area contributed by atoms with Crippen molar-refractivity contribution in [2.24, 2.45) is 4.99 Å². The van der Waals surface area contributed by atoms with Gasteiger partial charge in [0.1, 0.15) is 0 Å². The van der Waals surface area contributed by atoms with Gasteiger partial charge in [-0.1, -0.05) is 37.1 Å². The second-order valence-electron chi connectivity index (χ2n) is 8.47. The molecule has 0 aromatic heterocycles. The van der Waals surface area contributed by atoms with Crippen LogP contribution in [0.5, 0.6) is 0 Å². The Hall–Kier alpha value is -1.35. The van der Waals surface area contributed by atoms with Gasteiger partial charge in [0.25, 0.3) is 0 Å². The molecular weight excluding hydrogens is 501 g/mol. The molecule has 6 nitrogen and oxygen atoms in total. The lowest BCUT2D eigenvalue weighted by Crippen LogP contribution is -2.39. The fourth-order valence-electron chi connectivity index (χ4n) is 4.30. The highest BCUT2D eigenvalue weighted by atomic mass is 127. The van der Waals surface area contributed by atoms with Crippen molar-refractivity contribution in [3.05, 3.63) is 35.4 Å². The third-order valence-electron chi connectivity index (χ3n) is 5.94. The molecule has 2 fully saturated rings. The number of amides is 1. The monoisotopic (exact) mass is 541 g/mol. The first-order valence-electron chi connectivity index (χ1n) is 11.8. The van der Waals surface area contributed by atoms with Crippen molar-refractivity contribution in [3.63, 3.8) is 0 Å². The molecule has 0 saturated carbocycles. The lowest BCUT2D eigenvalue weighted by atomic mass is 10.1. The summed E-state index contributed by atoms with van der Waals surface area (Å²) in [6.45, 7) is 9.82. The van der Waals surface area contributed by atoms with E-state index in [0.29, 0.717) is 19.5 Å². The summed E-state index contributed by atoms with van der Waals surface area (Å²) in [5.41, 5.74) is 2.37. The molecule has 2 N–H and O–H groups in total. The second-order valence-corrected chi connectivity index (χ2v) is 8.47. The smallest absolute Gasteiger partial charge is 0.222 e. The Labute approximate surface area is 205 Å². The Balaban J connectivity index is 0.00000341. The van der Waals surface area contributed by atoms with Crippen LogP contribution in [0.25, 0.3) is 0 Å². The first-order chi connectivity index (χ1) is 14.7. The summed E-state index contributed by atoms with van der Waals surface area (Å²) in [6.07, 6.45) is 8.30. The predicted molar refractivity (Wildman–Crippen MR) is 139 cm³/mol. The number of carbonyl (C=O) groups excluding carboxylic acids is 1. The highest BCUT2D eigenvalue weighted by Gasteiger charge is 2.19. The first kappa shape index (κ1) is 25.9. The molecule has 2 saturated heterocycles. The molecule has 2 aliphatic heterocycles. The molecule has 1 aromatic carbocycles. The van der Waals surface area contributed by atoms with Gasteiger partial charge in [-0.15, -0.1) is 24.0 Å². The van der Waals surface area contributed by atoms with Gasteiger partial charge in [-0.25, -0.2) is 4.99 Å². The van der Waals surface area contributed by atoms with Crippen LogP contribution >= 0.6 is 24.0 Å². The molecule has 2 heterocycles. The van der Waals surface area contributed by atoms with E-state index in [9.17, 15) is 4.79 Å². The number of halogens is 1. The Bertz CT molecular complexity index is 688. The van der Waals surface area contributed by atoms with Gasteiger partial charge in [-0.3, -0.25) is 4.79 Å². The predicted octanol–water partition coefficient (Wildman–Crippen LogP) is 3.75. The molecule has 7 heteroatoms. The number of guanidine groups is 1. The van der Waals surface area contributed by atoms with Gasteiger partial charge in [0.05, 0.1) is 6.54 Å². The molecule has 174 valence electrons. The van der Waals surface area contributed by atoms with Crippen molar-refractivity contribution in [1.29, 1.82) is 0 Å². The van der Waals surface area contributed by atoms with Gasteiger partial charge in [0.15, 0.2) is 5.96 Å². The van der Waals surface area contributed by atoms with Crippen LogP contribution in [-0.4, -0.2) is 60.9 Å². The molecule has 0 bridgehead atoms. The van der Waals surface area contributed by atoms with Crippen LogP contribution in [-0.2, 0) is 17.9 Å². The number of benzene rings is 1. The van der Waals surface area contributed by atoms with Crippen molar-refractivity contribution in [2.45, 2.75) is 65.0 Å². The van der Waals surface area contributed by atoms with E-state index in [1.807, 2.05) is 4.90 Å². The van der Waals surface area contributed by atoms with E-state index < -0.39 is 0 Å². The minimum Gasteiger partial charge on any atom is -0.357 e. The fraction of sp³-hybridized carbons (Fsp3) is 0.667. The van der Waals surface area contributed by atoms with Crippen molar-refractivity contribution in [3.8, 4) is 0 Å². The van der Waals surface area contributed by atoms with E-state index in [2.05, 4.69) is 46.7 Å². The molecule has 0 spiro atoms. The zero-order valence-electron chi connectivity index (χ0n) is 19.1. The zero-order chi connectivity index (χ0) is 21.0. The minimum absolute atomic E-state index is 0. The number of hydrogen-bond donors (Lipinski definition) is 2. The SMILES string of the molecule is CCNC(=NCc1cccc(CN2CCCC2=O)c1)NCCCN1CCCCCC1.I. The highest BCUT2D eigenvalue weighted by Crippen LogP contribution is 2.15. The van der Waals surface area contributed by atoms with E-state index in [4.69, 9.17) is 4.99 Å². The number of carbonyl (C=O) groups is 1. The van der Waals surface area contributed by atoms with E-state index in [1.165, 1.54) is 56.4 Å². The van der Waals surface area contributed by atoms with Crippen LogP contribution in [0.3, 0.4) is 0 Å². The van der Waals surface area contributed by atoms with Gasteiger partial charge in [0, 0.05) is 32.6 Å². The summed E-state index contributed by atoms with van der Waals surface area (Å²) in [5, 5.41) is 6.84. The van der Waals surface area contributed by atoms with E-state index in [0.717, 1.165) is 38.4 Å². The summed E-state index contributed by atoms with van der Waals surface area (Å²) in [7, 11) is 0. The molecule has 3 rings (SSSR count). The Morgan fingerprint density at radius 1 is 1.03 bits per heavy atom. The van der Waals surface area contributed by atoms with Gasteiger partial charge >= 0.3 is 0 Å². The first-order valence-corrected chi connectivity index (χ1v) is 11.8. The third kappa shape index (κ3) is 9.35. The van der Waals surface area contributed by atoms with Gasteiger partial charge < -0.3 is 20.4 Å². The van der Waals surface area contributed by atoms with Crippen LogP contribution in [0.2, 0.25) is 0 Å². The fourth-order valence-corrected chi connectivity index (χ4v) is 4.30. The maximum atomic E-state index is 11.9. The van der Waals surface area contributed by atoms with Gasteiger partial charge in [-0.2, -0.15) is 0 Å². The normalized spacial score (nSPS) is 17.9. The number of aliphatic imine (C=N–C) groups is 1. The van der Waals surface area contributed by atoms with Crippen molar-refractivity contribution in [1.82, 2.24) is 20.4 Å².